The van der Waals surface area contributed by atoms with Gasteiger partial charge in [0.1, 0.15) is 0 Å². The van der Waals surface area contributed by atoms with Gasteiger partial charge in [-0.15, -0.1) is 0 Å². The second-order valence-corrected chi connectivity index (χ2v) is 6.54. The van der Waals surface area contributed by atoms with E-state index in [9.17, 15) is 5.11 Å². The first kappa shape index (κ1) is 17.2. The molecule has 0 fully saturated rings. The molecule has 128 valence electrons. The van der Waals surface area contributed by atoms with Crippen molar-refractivity contribution in [2.75, 3.05) is 4.90 Å². The Morgan fingerprint density at radius 1 is 0.720 bits per heavy atom. The topological polar surface area (TPSA) is 23.5 Å². The number of rotatable bonds is 6. The van der Waals surface area contributed by atoms with E-state index < -0.39 is 0 Å². The summed E-state index contributed by atoms with van der Waals surface area (Å²) in [6.07, 6.45) is 0. The van der Waals surface area contributed by atoms with Crippen molar-refractivity contribution in [1.29, 1.82) is 0 Å². The fourth-order valence-corrected chi connectivity index (χ4v) is 3.25. The molecule has 3 aromatic rings. The fraction of sp³-hybridized carbons (Fsp3) is 0.217. The quantitative estimate of drug-likeness (QED) is 0.687. The number of aryl methyl sites for hydroxylation is 2. The molecule has 2 heteroatoms. The van der Waals surface area contributed by atoms with Crippen LogP contribution >= 0.6 is 0 Å². The van der Waals surface area contributed by atoms with Crippen molar-refractivity contribution in [2.24, 2.45) is 0 Å². The summed E-state index contributed by atoms with van der Waals surface area (Å²) in [5.74, 6) is 0. The van der Waals surface area contributed by atoms with Crippen LogP contribution in [0.1, 0.15) is 27.8 Å². The molecular weight excluding hydrogens is 306 g/mol. The van der Waals surface area contributed by atoms with Crippen LogP contribution in [0.2, 0.25) is 0 Å². The van der Waals surface area contributed by atoms with E-state index in [2.05, 4.69) is 91.5 Å². The van der Waals surface area contributed by atoms with Crippen LogP contribution in [0.3, 0.4) is 0 Å². The first-order valence-electron chi connectivity index (χ1n) is 8.71. The zero-order valence-electron chi connectivity index (χ0n) is 14.9. The number of aliphatic hydroxyl groups excluding tert-OH is 1. The molecule has 0 saturated carbocycles. The summed E-state index contributed by atoms with van der Waals surface area (Å²) in [4.78, 5) is 2.39. The minimum absolute atomic E-state index is 0.0926. The summed E-state index contributed by atoms with van der Waals surface area (Å²) in [6, 6.07) is 25.5. The molecule has 0 radical (unpaired) electrons. The van der Waals surface area contributed by atoms with Crippen LogP contribution in [-0.4, -0.2) is 5.11 Å². The molecule has 2 nitrogen and oxygen atoms in total. The van der Waals surface area contributed by atoms with Gasteiger partial charge in [-0.05, 0) is 53.8 Å². The molecule has 1 N–H and O–H groups in total. The van der Waals surface area contributed by atoms with Crippen molar-refractivity contribution in [3.8, 4) is 0 Å². The lowest BCUT2D eigenvalue weighted by molar-refractivity contribution is 0.280. The lowest BCUT2D eigenvalue weighted by atomic mass is 10.0. The molecule has 3 aromatic carbocycles. The summed E-state index contributed by atoms with van der Waals surface area (Å²) >= 11 is 0. The van der Waals surface area contributed by atoms with E-state index in [1.807, 2.05) is 0 Å². The van der Waals surface area contributed by atoms with Gasteiger partial charge in [0, 0.05) is 18.8 Å². The molecule has 0 heterocycles. The molecule has 0 aliphatic rings. The molecule has 0 atom stereocenters. The number of nitrogens with zero attached hydrogens (tertiary/aromatic N) is 1. The normalized spacial score (nSPS) is 10.7. The highest BCUT2D eigenvalue weighted by Crippen LogP contribution is 2.26. The summed E-state index contributed by atoms with van der Waals surface area (Å²) in [6.45, 7) is 5.95. The molecule has 0 saturated heterocycles. The van der Waals surface area contributed by atoms with Gasteiger partial charge < -0.3 is 10.0 Å². The predicted octanol–water partition coefficient (Wildman–Crippen LogP) is 5.00. The fourth-order valence-electron chi connectivity index (χ4n) is 3.25. The third-order valence-electron chi connectivity index (χ3n) is 4.64. The summed E-state index contributed by atoms with van der Waals surface area (Å²) < 4.78 is 0. The van der Waals surface area contributed by atoms with E-state index >= 15 is 0 Å². The number of anilines is 1. The summed E-state index contributed by atoms with van der Waals surface area (Å²) in [5, 5.41) is 9.59. The highest BCUT2D eigenvalue weighted by Gasteiger charge is 2.12. The Morgan fingerprint density at radius 3 is 1.56 bits per heavy atom. The van der Waals surface area contributed by atoms with Crippen molar-refractivity contribution in [3.63, 3.8) is 0 Å². The van der Waals surface area contributed by atoms with Crippen molar-refractivity contribution in [1.82, 2.24) is 0 Å². The van der Waals surface area contributed by atoms with E-state index in [-0.39, 0.29) is 6.61 Å². The van der Waals surface area contributed by atoms with Gasteiger partial charge in [-0.2, -0.15) is 0 Å². The van der Waals surface area contributed by atoms with Crippen molar-refractivity contribution >= 4 is 5.69 Å². The van der Waals surface area contributed by atoms with Crippen LogP contribution in [0, 0.1) is 13.8 Å². The van der Waals surface area contributed by atoms with Crippen molar-refractivity contribution in [2.45, 2.75) is 33.5 Å². The number of benzene rings is 3. The molecule has 0 aliphatic carbocycles. The SMILES string of the molecule is Cc1cc(N(Cc2ccccc2)Cc2ccccc2)cc(C)c1CO. The van der Waals surface area contributed by atoms with Gasteiger partial charge in [-0.1, -0.05) is 60.7 Å². The summed E-state index contributed by atoms with van der Waals surface area (Å²) in [5.41, 5.74) is 7.09. The van der Waals surface area contributed by atoms with Crippen LogP contribution in [0.25, 0.3) is 0 Å². The van der Waals surface area contributed by atoms with Crippen LogP contribution < -0.4 is 4.90 Å². The molecule has 25 heavy (non-hydrogen) atoms. The van der Waals surface area contributed by atoms with Gasteiger partial charge >= 0.3 is 0 Å². The Bertz CT molecular complexity index is 748. The Labute approximate surface area is 150 Å². The maximum atomic E-state index is 9.59. The maximum Gasteiger partial charge on any atom is 0.0687 e. The third-order valence-corrected chi connectivity index (χ3v) is 4.64. The molecule has 0 aliphatic heterocycles. The first-order chi connectivity index (χ1) is 12.2. The minimum atomic E-state index is 0.0926. The number of aliphatic hydroxyl groups is 1. The highest BCUT2D eigenvalue weighted by atomic mass is 16.3. The monoisotopic (exact) mass is 331 g/mol. The Hall–Kier alpha value is -2.58. The number of hydrogen-bond acceptors (Lipinski definition) is 2. The lowest BCUT2D eigenvalue weighted by Crippen LogP contribution is -2.22. The molecule has 0 aromatic heterocycles. The lowest BCUT2D eigenvalue weighted by Gasteiger charge is -2.27. The van der Waals surface area contributed by atoms with Gasteiger partial charge in [-0.25, -0.2) is 0 Å². The van der Waals surface area contributed by atoms with E-state index in [4.69, 9.17) is 0 Å². The van der Waals surface area contributed by atoms with E-state index in [1.165, 1.54) is 16.8 Å². The van der Waals surface area contributed by atoms with Crippen LogP contribution in [0.4, 0.5) is 5.69 Å². The molecular formula is C23H25NO. The van der Waals surface area contributed by atoms with E-state index in [1.54, 1.807) is 0 Å². The van der Waals surface area contributed by atoms with Gasteiger partial charge in [0.05, 0.1) is 6.61 Å². The number of hydrogen-bond donors (Lipinski definition) is 1. The van der Waals surface area contributed by atoms with Crippen molar-refractivity contribution in [3.05, 3.63) is 101 Å². The average Bonchev–Trinajstić information content (AvgIpc) is 2.63. The van der Waals surface area contributed by atoms with Gasteiger partial charge in [0.2, 0.25) is 0 Å². The molecule has 0 bridgehead atoms. The molecule has 0 amide bonds. The second-order valence-electron chi connectivity index (χ2n) is 6.54. The third kappa shape index (κ3) is 4.28. The molecule has 0 spiro atoms. The average molecular weight is 331 g/mol. The Kier molecular flexibility index (Phi) is 5.52. The summed E-state index contributed by atoms with van der Waals surface area (Å²) in [7, 11) is 0. The Balaban J connectivity index is 1.95. The Morgan fingerprint density at radius 2 is 1.16 bits per heavy atom. The second kappa shape index (κ2) is 8.00. The largest absolute Gasteiger partial charge is 0.392 e. The smallest absolute Gasteiger partial charge is 0.0687 e. The van der Waals surface area contributed by atoms with Crippen molar-refractivity contribution < 1.29 is 5.11 Å². The zero-order chi connectivity index (χ0) is 17.6. The zero-order valence-corrected chi connectivity index (χ0v) is 14.9. The maximum absolute atomic E-state index is 9.59. The van der Waals surface area contributed by atoms with Gasteiger partial charge in [-0.3, -0.25) is 0 Å². The van der Waals surface area contributed by atoms with Crippen LogP contribution in [0.15, 0.2) is 72.8 Å². The van der Waals surface area contributed by atoms with Crippen LogP contribution in [-0.2, 0) is 19.7 Å². The minimum Gasteiger partial charge on any atom is -0.392 e. The molecule has 3 rings (SSSR count). The van der Waals surface area contributed by atoms with Crippen LogP contribution in [0.5, 0.6) is 0 Å². The standard InChI is InChI=1S/C23H25NO/c1-18-13-22(14-19(2)23(18)17-25)24(15-20-9-5-3-6-10-20)16-21-11-7-4-8-12-21/h3-14,25H,15-17H2,1-2H3. The van der Waals surface area contributed by atoms with E-state index in [0.29, 0.717) is 0 Å². The van der Waals surface area contributed by atoms with Gasteiger partial charge in [0.25, 0.3) is 0 Å². The highest BCUT2D eigenvalue weighted by molar-refractivity contribution is 5.54. The van der Waals surface area contributed by atoms with E-state index in [0.717, 1.165) is 29.8 Å². The predicted molar refractivity (Wildman–Crippen MR) is 105 cm³/mol. The first-order valence-corrected chi connectivity index (χ1v) is 8.71. The molecule has 0 unspecified atom stereocenters. The van der Waals surface area contributed by atoms with Gasteiger partial charge in [0.15, 0.2) is 0 Å².